The van der Waals surface area contributed by atoms with E-state index in [0.29, 0.717) is 10.5 Å². The first-order valence-electron chi connectivity index (χ1n) is 2.39. The molecule has 0 aromatic carbocycles. The molecule has 0 aromatic rings. The standard InChI is InChI=1S/C5H10O2Si/c1-4(2)3-5(6)7-8/h3H,1-2,8H3. The first kappa shape index (κ1) is 7.43. The Morgan fingerprint density at radius 2 is 2.12 bits per heavy atom. The maximum absolute atomic E-state index is 10.4. The molecular formula is C5H10O2Si. The zero-order valence-corrected chi connectivity index (χ0v) is 7.39. The third-order valence-corrected chi connectivity index (χ3v) is 1.01. The Labute approximate surface area is 52.1 Å². The van der Waals surface area contributed by atoms with Gasteiger partial charge in [0, 0.05) is 6.08 Å². The van der Waals surface area contributed by atoms with Crippen LogP contribution in [0.15, 0.2) is 11.6 Å². The average Bonchev–Trinajstić information content (AvgIpc) is 1.65. The second-order valence-electron chi connectivity index (χ2n) is 1.74. The van der Waals surface area contributed by atoms with Crippen molar-refractivity contribution in [1.29, 1.82) is 0 Å². The Hall–Kier alpha value is -0.573. The van der Waals surface area contributed by atoms with Crippen molar-refractivity contribution in [1.82, 2.24) is 0 Å². The van der Waals surface area contributed by atoms with Gasteiger partial charge in [-0.05, 0) is 13.8 Å². The minimum Gasteiger partial charge on any atom is -0.526 e. The predicted molar refractivity (Wildman–Crippen MR) is 35.5 cm³/mol. The van der Waals surface area contributed by atoms with Crippen LogP contribution in [0.3, 0.4) is 0 Å². The SMILES string of the molecule is CC(C)=CC(=O)O[SiH3]. The number of hydrogen-bond donors (Lipinski definition) is 0. The quantitative estimate of drug-likeness (QED) is 0.362. The fourth-order valence-electron chi connectivity index (χ4n) is 0.295. The van der Waals surface area contributed by atoms with Crippen LogP contribution in [0.1, 0.15) is 13.8 Å². The highest BCUT2D eigenvalue weighted by atomic mass is 28.2. The van der Waals surface area contributed by atoms with Gasteiger partial charge in [-0.15, -0.1) is 0 Å². The average molecular weight is 130 g/mol. The molecule has 0 atom stereocenters. The second-order valence-corrected chi connectivity index (χ2v) is 2.15. The van der Waals surface area contributed by atoms with E-state index in [1.165, 1.54) is 6.08 Å². The number of carbonyl (C=O) groups excluding carboxylic acids is 1. The van der Waals surface area contributed by atoms with E-state index in [1.807, 2.05) is 13.8 Å². The molecule has 0 heterocycles. The van der Waals surface area contributed by atoms with Crippen molar-refractivity contribution >= 4 is 16.5 Å². The van der Waals surface area contributed by atoms with Crippen molar-refractivity contribution in [3.63, 3.8) is 0 Å². The molecule has 0 N–H and O–H groups in total. The third-order valence-electron chi connectivity index (χ3n) is 0.608. The van der Waals surface area contributed by atoms with Gasteiger partial charge in [0.25, 0.3) is 0 Å². The summed E-state index contributed by atoms with van der Waals surface area (Å²) in [6, 6.07) is 0. The van der Waals surface area contributed by atoms with E-state index < -0.39 is 0 Å². The van der Waals surface area contributed by atoms with Crippen LogP contribution in [-0.2, 0) is 9.22 Å². The number of allylic oxidation sites excluding steroid dienone is 1. The van der Waals surface area contributed by atoms with Gasteiger partial charge < -0.3 is 4.43 Å². The van der Waals surface area contributed by atoms with Crippen molar-refractivity contribution in [2.45, 2.75) is 13.8 Å². The highest BCUT2D eigenvalue weighted by Gasteiger charge is 1.88. The van der Waals surface area contributed by atoms with Crippen molar-refractivity contribution in [2.24, 2.45) is 0 Å². The Morgan fingerprint density at radius 1 is 1.62 bits per heavy atom. The lowest BCUT2D eigenvalue weighted by atomic mass is 10.3. The van der Waals surface area contributed by atoms with Crippen LogP contribution >= 0.6 is 0 Å². The van der Waals surface area contributed by atoms with E-state index in [0.717, 1.165) is 5.57 Å². The van der Waals surface area contributed by atoms with Gasteiger partial charge in [0.05, 0.1) is 0 Å². The number of carbonyl (C=O) groups is 1. The van der Waals surface area contributed by atoms with E-state index in [4.69, 9.17) is 0 Å². The lowest BCUT2D eigenvalue weighted by molar-refractivity contribution is -0.128. The molecular weight excluding hydrogens is 120 g/mol. The third kappa shape index (κ3) is 3.61. The fourth-order valence-corrected chi connectivity index (χ4v) is 0.412. The van der Waals surface area contributed by atoms with Crippen LogP contribution < -0.4 is 0 Å². The first-order chi connectivity index (χ1) is 3.66. The first-order valence-corrected chi connectivity index (χ1v) is 3.21. The maximum atomic E-state index is 10.4. The molecule has 3 heteroatoms. The molecule has 0 saturated heterocycles. The summed E-state index contributed by atoms with van der Waals surface area (Å²) in [5, 5.41) is 0. The van der Waals surface area contributed by atoms with E-state index >= 15 is 0 Å². The summed E-state index contributed by atoms with van der Waals surface area (Å²) >= 11 is 0. The minimum absolute atomic E-state index is 0.225. The van der Waals surface area contributed by atoms with Crippen molar-refractivity contribution < 1.29 is 9.22 Å². The largest absolute Gasteiger partial charge is 0.526 e. The number of hydrogen-bond acceptors (Lipinski definition) is 2. The van der Waals surface area contributed by atoms with E-state index in [-0.39, 0.29) is 5.97 Å². The summed E-state index contributed by atoms with van der Waals surface area (Å²) in [6.45, 7) is 3.72. The van der Waals surface area contributed by atoms with Gasteiger partial charge in [-0.25, -0.2) is 4.79 Å². The summed E-state index contributed by atoms with van der Waals surface area (Å²) in [5.41, 5.74) is 0.978. The van der Waals surface area contributed by atoms with Gasteiger partial charge >= 0.3 is 5.97 Å². The molecule has 0 aliphatic heterocycles. The summed E-state index contributed by atoms with van der Waals surface area (Å²) in [6.07, 6.45) is 1.48. The summed E-state index contributed by atoms with van der Waals surface area (Å²) in [4.78, 5) is 10.4. The fraction of sp³-hybridized carbons (Fsp3) is 0.400. The van der Waals surface area contributed by atoms with Crippen LogP contribution in [0.25, 0.3) is 0 Å². The summed E-state index contributed by atoms with van der Waals surface area (Å²) < 4.78 is 4.48. The Kier molecular flexibility index (Phi) is 3.19. The van der Waals surface area contributed by atoms with Gasteiger partial charge in [-0.3, -0.25) is 0 Å². The van der Waals surface area contributed by atoms with Crippen LogP contribution in [0.2, 0.25) is 0 Å². The lowest BCUT2D eigenvalue weighted by Crippen LogP contribution is -1.95. The van der Waals surface area contributed by atoms with E-state index in [1.54, 1.807) is 0 Å². The Morgan fingerprint density at radius 3 is 2.25 bits per heavy atom. The van der Waals surface area contributed by atoms with Crippen LogP contribution in [0, 0.1) is 0 Å². The molecule has 0 fully saturated rings. The molecule has 0 bridgehead atoms. The van der Waals surface area contributed by atoms with E-state index in [2.05, 4.69) is 4.43 Å². The van der Waals surface area contributed by atoms with Crippen molar-refractivity contribution in [3.05, 3.63) is 11.6 Å². The maximum Gasteiger partial charge on any atom is 0.316 e. The Balaban J connectivity index is 3.70. The molecule has 0 aliphatic rings. The van der Waals surface area contributed by atoms with E-state index in [9.17, 15) is 4.79 Å². The summed E-state index contributed by atoms with van der Waals surface area (Å²) in [7, 11) is 0.484. The molecule has 2 nitrogen and oxygen atoms in total. The molecule has 0 unspecified atom stereocenters. The van der Waals surface area contributed by atoms with Crippen LogP contribution in [-0.4, -0.2) is 16.5 Å². The number of rotatable bonds is 1. The molecule has 0 spiro atoms. The molecule has 0 amide bonds. The van der Waals surface area contributed by atoms with Gasteiger partial charge in [-0.2, -0.15) is 0 Å². The molecule has 0 saturated carbocycles. The van der Waals surface area contributed by atoms with Crippen LogP contribution in [0.4, 0.5) is 0 Å². The van der Waals surface area contributed by atoms with Gasteiger partial charge in [0.2, 0.25) is 10.5 Å². The zero-order chi connectivity index (χ0) is 6.57. The topological polar surface area (TPSA) is 26.3 Å². The smallest absolute Gasteiger partial charge is 0.316 e. The van der Waals surface area contributed by atoms with Crippen molar-refractivity contribution in [2.75, 3.05) is 0 Å². The molecule has 8 heavy (non-hydrogen) atoms. The lowest BCUT2D eigenvalue weighted by Gasteiger charge is -1.90. The zero-order valence-electron chi connectivity index (χ0n) is 5.39. The second kappa shape index (κ2) is 3.43. The molecule has 0 aromatic heterocycles. The van der Waals surface area contributed by atoms with Gasteiger partial charge in [0.1, 0.15) is 0 Å². The predicted octanol–water partition coefficient (Wildman–Crippen LogP) is -0.224. The van der Waals surface area contributed by atoms with Gasteiger partial charge in [0.15, 0.2) is 0 Å². The minimum atomic E-state index is -0.225. The molecule has 0 rings (SSSR count). The monoisotopic (exact) mass is 130 g/mol. The van der Waals surface area contributed by atoms with Crippen LogP contribution in [0.5, 0.6) is 0 Å². The molecule has 0 aliphatic carbocycles. The molecule has 0 radical (unpaired) electrons. The van der Waals surface area contributed by atoms with Gasteiger partial charge in [-0.1, -0.05) is 5.57 Å². The highest BCUT2D eigenvalue weighted by Crippen LogP contribution is 1.87. The Bertz CT molecular complexity index is 114. The summed E-state index contributed by atoms with van der Waals surface area (Å²) in [5.74, 6) is -0.225. The normalized spacial score (nSPS) is 8.25. The molecule has 46 valence electrons. The van der Waals surface area contributed by atoms with Crippen molar-refractivity contribution in [3.8, 4) is 0 Å². The highest BCUT2D eigenvalue weighted by molar-refractivity contribution is 6.07.